The molecule has 0 radical (unpaired) electrons. The normalized spacial score (nSPS) is 9.90. The van der Waals surface area contributed by atoms with E-state index < -0.39 is 0 Å². The molecule has 3 rings (SSSR count). The van der Waals surface area contributed by atoms with Gasteiger partial charge < -0.3 is 4.42 Å². The molecule has 3 nitrogen and oxygen atoms in total. The lowest BCUT2D eigenvalue weighted by atomic mass is 10.3. The van der Waals surface area contributed by atoms with Crippen LogP contribution in [0.3, 0.4) is 0 Å². The number of fused-ring (bicyclic) bond motifs is 1. The van der Waals surface area contributed by atoms with Crippen molar-refractivity contribution in [1.29, 1.82) is 0 Å². The van der Waals surface area contributed by atoms with Crippen LogP contribution in [0.15, 0.2) is 41.8 Å². The van der Waals surface area contributed by atoms with Crippen molar-refractivity contribution in [2.45, 2.75) is 13.8 Å². The van der Waals surface area contributed by atoms with E-state index in [1.165, 1.54) is 4.70 Å². The number of aromatic nitrogens is 2. The van der Waals surface area contributed by atoms with E-state index in [1.54, 1.807) is 30.4 Å². The molecule has 0 saturated heterocycles. The van der Waals surface area contributed by atoms with Gasteiger partial charge in [-0.1, -0.05) is 25.3 Å². The van der Waals surface area contributed by atoms with Crippen LogP contribution in [0.4, 0.5) is 0 Å². The Kier molecular flexibility index (Phi) is 4.48. The highest BCUT2D eigenvalue weighted by molar-refractivity contribution is 7.18. The third kappa shape index (κ3) is 3.22. The fraction of sp³-hybridized carbons (Fsp3) is 0.125. The molecule has 102 valence electrons. The van der Waals surface area contributed by atoms with Crippen molar-refractivity contribution >= 4 is 33.7 Å². The first-order valence-corrected chi connectivity index (χ1v) is 7.00. The van der Waals surface area contributed by atoms with Crippen LogP contribution in [0.2, 0.25) is 0 Å². The summed E-state index contributed by atoms with van der Waals surface area (Å²) < 4.78 is 6.43. The number of aryl methyl sites for hydroxylation is 2. The van der Waals surface area contributed by atoms with Crippen molar-refractivity contribution in [3.05, 3.63) is 59.8 Å². The highest BCUT2D eigenvalue weighted by atomic mass is 32.1. The number of rotatable bonds is 2. The molecule has 0 saturated carbocycles. The average Bonchev–Trinajstić information content (AvgIpc) is 3.00. The number of oxazole rings is 1. The fourth-order valence-corrected chi connectivity index (χ4v) is 2.57. The van der Waals surface area contributed by atoms with Crippen LogP contribution in [-0.4, -0.2) is 9.97 Å². The average molecular weight is 284 g/mol. The quantitative estimate of drug-likeness (QED) is 0.673. The fourth-order valence-electron chi connectivity index (χ4n) is 1.74. The van der Waals surface area contributed by atoms with Gasteiger partial charge in [0.25, 0.3) is 0 Å². The maximum Gasteiger partial charge on any atom is 0.192 e. The van der Waals surface area contributed by atoms with Crippen molar-refractivity contribution in [3.8, 4) is 0 Å². The summed E-state index contributed by atoms with van der Waals surface area (Å²) in [4.78, 5) is 8.38. The Morgan fingerprint density at radius 3 is 2.45 bits per heavy atom. The molecule has 3 aromatic rings. The molecule has 0 bridgehead atoms. The minimum absolute atomic E-state index is 0.643. The van der Waals surface area contributed by atoms with Gasteiger partial charge in [-0.05, 0) is 31.2 Å². The summed E-state index contributed by atoms with van der Waals surface area (Å²) in [5.41, 5.74) is 1.87. The van der Waals surface area contributed by atoms with Gasteiger partial charge in [-0.2, -0.15) is 0 Å². The van der Waals surface area contributed by atoms with Gasteiger partial charge in [0.15, 0.2) is 11.7 Å². The van der Waals surface area contributed by atoms with Crippen molar-refractivity contribution in [3.63, 3.8) is 0 Å². The Hall–Kier alpha value is -2.20. The van der Waals surface area contributed by atoms with Crippen molar-refractivity contribution in [1.82, 2.24) is 9.97 Å². The highest BCUT2D eigenvalue weighted by Crippen LogP contribution is 2.19. The maximum absolute atomic E-state index is 5.15. The van der Waals surface area contributed by atoms with Gasteiger partial charge >= 0.3 is 0 Å². The zero-order valence-electron chi connectivity index (χ0n) is 11.6. The van der Waals surface area contributed by atoms with Gasteiger partial charge in [0, 0.05) is 6.92 Å². The van der Waals surface area contributed by atoms with Gasteiger partial charge in [-0.3, -0.25) is 0 Å². The summed E-state index contributed by atoms with van der Waals surface area (Å²) in [5.74, 6) is 1.33. The number of thiazole rings is 1. The van der Waals surface area contributed by atoms with E-state index >= 15 is 0 Å². The maximum atomic E-state index is 5.15. The second-order valence-electron chi connectivity index (χ2n) is 4.09. The largest absolute Gasteiger partial charge is 0.441 e. The zero-order valence-corrected chi connectivity index (χ0v) is 12.4. The minimum Gasteiger partial charge on any atom is -0.441 e. The molecule has 0 aliphatic rings. The highest BCUT2D eigenvalue weighted by Gasteiger charge is 2.01. The van der Waals surface area contributed by atoms with Gasteiger partial charge in [0.2, 0.25) is 0 Å². The van der Waals surface area contributed by atoms with Crippen LogP contribution in [0.1, 0.15) is 22.4 Å². The molecule has 20 heavy (non-hydrogen) atoms. The van der Waals surface area contributed by atoms with Gasteiger partial charge in [-0.15, -0.1) is 11.3 Å². The smallest absolute Gasteiger partial charge is 0.192 e. The molecule has 2 aromatic heterocycles. The predicted molar refractivity (Wildman–Crippen MR) is 85.8 cm³/mol. The molecular weight excluding hydrogens is 268 g/mol. The van der Waals surface area contributed by atoms with Gasteiger partial charge in [0.1, 0.15) is 5.69 Å². The number of hydrogen-bond donors (Lipinski definition) is 0. The molecule has 4 heteroatoms. The third-order valence-corrected chi connectivity index (χ3v) is 3.52. The van der Waals surface area contributed by atoms with Crippen LogP contribution >= 0.6 is 11.3 Å². The number of benzene rings is 1. The van der Waals surface area contributed by atoms with E-state index in [0.29, 0.717) is 11.7 Å². The molecule has 1 aromatic carbocycles. The Balaban J connectivity index is 0.000000147. The molecule has 0 unspecified atom stereocenters. The lowest BCUT2D eigenvalue weighted by Gasteiger charge is -1.81. The van der Waals surface area contributed by atoms with E-state index in [2.05, 4.69) is 29.2 Å². The molecule has 0 fully saturated rings. The topological polar surface area (TPSA) is 38.9 Å². The Morgan fingerprint density at radius 2 is 1.85 bits per heavy atom. The summed E-state index contributed by atoms with van der Waals surface area (Å²) in [6, 6.07) is 8.19. The van der Waals surface area contributed by atoms with Gasteiger partial charge in [-0.25, -0.2) is 9.97 Å². The number of para-hydroxylation sites is 1. The summed E-state index contributed by atoms with van der Waals surface area (Å²) in [7, 11) is 0. The molecule has 0 aliphatic carbocycles. The first kappa shape index (κ1) is 14.2. The van der Waals surface area contributed by atoms with Crippen molar-refractivity contribution in [2.75, 3.05) is 0 Å². The van der Waals surface area contributed by atoms with Crippen molar-refractivity contribution < 1.29 is 4.42 Å². The summed E-state index contributed by atoms with van der Waals surface area (Å²) in [6.45, 7) is 11.0. The van der Waals surface area contributed by atoms with E-state index in [1.807, 2.05) is 25.1 Å². The van der Waals surface area contributed by atoms with E-state index in [-0.39, 0.29) is 0 Å². The standard InChI is InChI=1S/C8H9NO.C8H7NS/c1-4-7-8(5-2)10-6(3)9-7;1-6-9-7-4-2-3-5-8(7)10-6/h4-5H,1-2H2,3H3;2-5H,1H3. The first-order valence-electron chi connectivity index (χ1n) is 6.18. The molecule has 0 atom stereocenters. The Morgan fingerprint density at radius 1 is 1.10 bits per heavy atom. The molecule has 0 spiro atoms. The Labute approximate surface area is 122 Å². The SMILES string of the molecule is C=Cc1nc(C)oc1C=C.Cc1nc2ccccc2s1. The van der Waals surface area contributed by atoms with Crippen molar-refractivity contribution in [2.24, 2.45) is 0 Å². The zero-order chi connectivity index (χ0) is 14.5. The van der Waals surface area contributed by atoms with E-state index in [0.717, 1.165) is 16.2 Å². The monoisotopic (exact) mass is 284 g/mol. The third-order valence-electron chi connectivity index (χ3n) is 2.57. The van der Waals surface area contributed by atoms with Gasteiger partial charge in [0.05, 0.1) is 15.2 Å². The minimum atomic E-state index is 0.643. The summed E-state index contributed by atoms with van der Waals surface area (Å²) >= 11 is 1.74. The van der Waals surface area contributed by atoms with Crippen LogP contribution in [0, 0.1) is 13.8 Å². The van der Waals surface area contributed by atoms with E-state index in [9.17, 15) is 0 Å². The molecule has 2 heterocycles. The molecular formula is C16H16N2OS. The van der Waals surface area contributed by atoms with Crippen LogP contribution in [0.5, 0.6) is 0 Å². The molecule has 0 amide bonds. The van der Waals surface area contributed by atoms with Crippen LogP contribution in [0.25, 0.3) is 22.4 Å². The number of hydrogen-bond acceptors (Lipinski definition) is 4. The first-order chi connectivity index (χ1) is 9.63. The second kappa shape index (κ2) is 6.30. The van der Waals surface area contributed by atoms with Crippen LogP contribution in [-0.2, 0) is 0 Å². The predicted octanol–water partition coefficient (Wildman–Crippen LogP) is 4.87. The summed E-state index contributed by atoms with van der Waals surface area (Å²) in [5, 5.41) is 1.14. The lowest BCUT2D eigenvalue weighted by Crippen LogP contribution is -1.72. The second-order valence-corrected chi connectivity index (χ2v) is 5.33. The van der Waals surface area contributed by atoms with E-state index in [4.69, 9.17) is 4.42 Å². The summed E-state index contributed by atoms with van der Waals surface area (Å²) in [6.07, 6.45) is 3.27. The lowest BCUT2D eigenvalue weighted by molar-refractivity contribution is 0.513. The number of nitrogens with zero attached hydrogens (tertiary/aromatic N) is 2. The van der Waals surface area contributed by atoms with Crippen LogP contribution < -0.4 is 0 Å². The molecule has 0 N–H and O–H groups in total. The molecule has 0 aliphatic heterocycles. The Bertz CT molecular complexity index is 681.